The molecule has 8 heteroatoms. The SMILES string of the molecule is CCCCCC(=O)NC(=S)Nc1c(Cl)cc(Cl)cc1-c1nc2ccccc2s1. The zero-order valence-electron chi connectivity index (χ0n) is 15.2. The zero-order chi connectivity index (χ0) is 20.1. The first kappa shape index (κ1) is 21.0. The van der Waals surface area contributed by atoms with Gasteiger partial charge in [0.15, 0.2) is 5.11 Å². The molecule has 0 aliphatic carbocycles. The molecule has 0 saturated heterocycles. The Morgan fingerprint density at radius 1 is 1.21 bits per heavy atom. The number of anilines is 1. The van der Waals surface area contributed by atoms with Gasteiger partial charge in [0.05, 0.1) is 20.9 Å². The van der Waals surface area contributed by atoms with Gasteiger partial charge in [-0.3, -0.25) is 4.79 Å². The summed E-state index contributed by atoms with van der Waals surface area (Å²) in [4.78, 5) is 16.7. The molecule has 0 spiro atoms. The van der Waals surface area contributed by atoms with Crippen molar-refractivity contribution in [2.75, 3.05) is 5.32 Å². The van der Waals surface area contributed by atoms with Crippen molar-refractivity contribution < 1.29 is 4.79 Å². The normalized spacial score (nSPS) is 10.8. The molecule has 1 aromatic heterocycles. The summed E-state index contributed by atoms with van der Waals surface area (Å²) in [6.45, 7) is 2.09. The van der Waals surface area contributed by atoms with Crippen molar-refractivity contribution in [3.63, 3.8) is 0 Å². The number of fused-ring (bicyclic) bond motifs is 1. The Morgan fingerprint density at radius 3 is 2.75 bits per heavy atom. The predicted molar refractivity (Wildman–Crippen MR) is 124 cm³/mol. The van der Waals surface area contributed by atoms with Gasteiger partial charge in [-0.15, -0.1) is 11.3 Å². The molecule has 3 rings (SSSR count). The van der Waals surface area contributed by atoms with Crippen LogP contribution in [0.5, 0.6) is 0 Å². The first-order valence-electron chi connectivity index (χ1n) is 8.93. The quantitative estimate of drug-likeness (QED) is 0.324. The number of halogens is 2. The van der Waals surface area contributed by atoms with Gasteiger partial charge >= 0.3 is 0 Å². The molecule has 0 atom stereocenters. The number of hydrogen-bond donors (Lipinski definition) is 2. The number of carbonyl (C=O) groups is 1. The van der Waals surface area contributed by atoms with Crippen LogP contribution in [0.25, 0.3) is 20.8 Å². The standard InChI is InChI=1S/C20H19Cl2N3OS2/c1-2-3-4-9-17(26)24-20(27)25-18-13(10-12(21)11-14(18)22)19-23-15-7-5-6-8-16(15)28-19/h5-8,10-11H,2-4,9H2,1H3,(H2,24,25,26,27). The highest BCUT2D eigenvalue weighted by molar-refractivity contribution is 7.80. The molecule has 1 amide bonds. The Kier molecular flexibility index (Phi) is 7.24. The first-order valence-corrected chi connectivity index (χ1v) is 10.9. The number of benzene rings is 2. The fourth-order valence-corrected chi connectivity index (χ4v) is 4.47. The molecule has 0 aliphatic heterocycles. The Labute approximate surface area is 183 Å². The van der Waals surface area contributed by atoms with E-state index in [2.05, 4.69) is 22.5 Å². The lowest BCUT2D eigenvalue weighted by Gasteiger charge is -2.14. The molecule has 4 nitrogen and oxygen atoms in total. The number of rotatable bonds is 6. The minimum absolute atomic E-state index is 0.113. The maximum Gasteiger partial charge on any atom is 0.226 e. The smallest absolute Gasteiger partial charge is 0.226 e. The summed E-state index contributed by atoms with van der Waals surface area (Å²) in [6, 6.07) is 11.3. The summed E-state index contributed by atoms with van der Waals surface area (Å²) in [5.74, 6) is -0.113. The van der Waals surface area contributed by atoms with Crippen molar-refractivity contribution in [3.8, 4) is 10.6 Å². The maximum absolute atomic E-state index is 12.0. The summed E-state index contributed by atoms with van der Waals surface area (Å²) >= 11 is 19.5. The van der Waals surface area contributed by atoms with E-state index >= 15 is 0 Å². The third kappa shape index (κ3) is 5.20. The van der Waals surface area contributed by atoms with Gasteiger partial charge in [-0.2, -0.15) is 0 Å². The van der Waals surface area contributed by atoms with Crippen LogP contribution in [-0.4, -0.2) is 16.0 Å². The molecular weight excluding hydrogens is 433 g/mol. The molecule has 0 saturated carbocycles. The summed E-state index contributed by atoms with van der Waals surface area (Å²) in [5, 5.41) is 7.63. The van der Waals surface area contributed by atoms with Crippen molar-refractivity contribution in [1.29, 1.82) is 0 Å². The zero-order valence-corrected chi connectivity index (χ0v) is 18.4. The van der Waals surface area contributed by atoms with Gasteiger partial charge in [0.25, 0.3) is 0 Å². The van der Waals surface area contributed by atoms with E-state index in [1.807, 2.05) is 24.3 Å². The number of thiazole rings is 1. The van der Waals surface area contributed by atoms with Crippen molar-refractivity contribution in [2.24, 2.45) is 0 Å². The number of aromatic nitrogens is 1. The van der Waals surface area contributed by atoms with E-state index in [4.69, 9.17) is 35.4 Å². The molecule has 2 N–H and O–H groups in total. The summed E-state index contributed by atoms with van der Waals surface area (Å²) in [5.41, 5.74) is 2.21. The maximum atomic E-state index is 12.0. The van der Waals surface area contributed by atoms with E-state index in [1.165, 1.54) is 11.3 Å². The lowest BCUT2D eigenvalue weighted by molar-refractivity contribution is -0.119. The van der Waals surface area contributed by atoms with Crippen LogP contribution >= 0.6 is 46.8 Å². The van der Waals surface area contributed by atoms with Gasteiger partial charge in [-0.25, -0.2) is 4.98 Å². The Balaban J connectivity index is 1.85. The third-order valence-electron chi connectivity index (χ3n) is 4.08. The fourth-order valence-electron chi connectivity index (χ4n) is 2.73. The van der Waals surface area contributed by atoms with E-state index in [0.717, 1.165) is 40.1 Å². The highest BCUT2D eigenvalue weighted by Crippen LogP contribution is 2.40. The average Bonchev–Trinajstić information content (AvgIpc) is 3.08. The van der Waals surface area contributed by atoms with Crippen LogP contribution in [0.3, 0.4) is 0 Å². The van der Waals surface area contributed by atoms with E-state index in [1.54, 1.807) is 12.1 Å². The van der Waals surface area contributed by atoms with Crippen molar-refractivity contribution in [1.82, 2.24) is 10.3 Å². The molecule has 2 aromatic carbocycles. The van der Waals surface area contributed by atoms with Gasteiger partial charge in [0.2, 0.25) is 5.91 Å². The number of para-hydroxylation sites is 1. The largest absolute Gasteiger partial charge is 0.331 e. The second-order valence-corrected chi connectivity index (χ2v) is 8.54. The molecule has 0 bridgehead atoms. The average molecular weight is 452 g/mol. The number of unbranched alkanes of at least 4 members (excludes halogenated alkanes) is 2. The number of nitrogens with one attached hydrogen (secondary N) is 2. The predicted octanol–water partition coefficient (Wildman–Crippen LogP) is 6.66. The number of thiocarbonyl (C=S) groups is 1. The van der Waals surface area contributed by atoms with Gasteiger partial charge in [0.1, 0.15) is 5.01 Å². The number of carbonyl (C=O) groups excluding carboxylic acids is 1. The summed E-state index contributed by atoms with van der Waals surface area (Å²) in [6.07, 6.45) is 3.35. The molecule has 0 aliphatic rings. The molecule has 0 radical (unpaired) electrons. The third-order valence-corrected chi connectivity index (χ3v) is 5.87. The lowest BCUT2D eigenvalue weighted by atomic mass is 10.2. The van der Waals surface area contributed by atoms with Gasteiger partial charge in [-0.1, -0.05) is 55.1 Å². The molecule has 0 unspecified atom stereocenters. The van der Waals surface area contributed by atoms with Gasteiger partial charge in [-0.05, 0) is 42.9 Å². The van der Waals surface area contributed by atoms with Crippen LogP contribution in [0.1, 0.15) is 32.6 Å². The van der Waals surface area contributed by atoms with Crippen LogP contribution in [0.15, 0.2) is 36.4 Å². The molecule has 1 heterocycles. The Morgan fingerprint density at radius 2 is 2.00 bits per heavy atom. The van der Waals surface area contributed by atoms with Gasteiger partial charge < -0.3 is 10.6 Å². The molecule has 0 fully saturated rings. The number of nitrogens with zero attached hydrogens (tertiary/aromatic N) is 1. The van der Waals surface area contributed by atoms with E-state index in [-0.39, 0.29) is 11.0 Å². The monoisotopic (exact) mass is 451 g/mol. The lowest BCUT2D eigenvalue weighted by Crippen LogP contribution is -2.34. The minimum atomic E-state index is -0.113. The van der Waals surface area contributed by atoms with E-state index in [0.29, 0.717) is 22.2 Å². The van der Waals surface area contributed by atoms with Gasteiger partial charge in [0, 0.05) is 17.0 Å². The van der Waals surface area contributed by atoms with E-state index in [9.17, 15) is 4.79 Å². The molecular formula is C20H19Cl2N3OS2. The van der Waals surface area contributed by atoms with E-state index < -0.39 is 0 Å². The Bertz CT molecular complexity index is 987. The minimum Gasteiger partial charge on any atom is -0.331 e. The first-order chi connectivity index (χ1) is 13.5. The highest BCUT2D eigenvalue weighted by Gasteiger charge is 2.17. The fraction of sp³-hybridized carbons (Fsp3) is 0.250. The topological polar surface area (TPSA) is 54.0 Å². The highest BCUT2D eigenvalue weighted by atomic mass is 35.5. The Hall–Kier alpha value is -1.73. The second kappa shape index (κ2) is 9.65. The molecule has 3 aromatic rings. The molecule has 28 heavy (non-hydrogen) atoms. The van der Waals surface area contributed by atoms with Crippen LogP contribution in [0.4, 0.5) is 5.69 Å². The number of hydrogen-bond acceptors (Lipinski definition) is 4. The van der Waals surface area contributed by atoms with Crippen molar-refractivity contribution in [3.05, 3.63) is 46.4 Å². The van der Waals surface area contributed by atoms with Crippen LogP contribution in [-0.2, 0) is 4.79 Å². The van der Waals surface area contributed by atoms with Crippen LogP contribution < -0.4 is 10.6 Å². The van der Waals surface area contributed by atoms with Crippen LogP contribution in [0.2, 0.25) is 10.0 Å². The second-order valence-electron chi connectivity index (χ2n) is 6.26. The summed E-state index contributed by atoms with van der Waals surface area (Å²) < 4.78 is 1.06. The number of amides is 1. The van der Waals surface area contributed by atoms with Crippen molar-refractivity contribution >= 4 is 73.7 Å². The summed E-state index contributed by atoms with van der Waals surface area (Å²) in [7, 11) is 0. The van der Waals surface area contributed by atoms with Crippen LogP contribution in [0, 0.1) is 0 Å². The molecule has 146 valence electrons. The van der Waals surface area contributed by atoms with Crippen molar-refractivity contribution in [2.45, 2.75) is 32.6 Å².